The summed E-state index contributed by atoms with van der Waals surface area (Å²) in [6, 6.07) is 23.5. The monoisotopic (exact) mass is 635 g/mol. The van der Waals surface area contributed by atoms with E-state index in [1.807, 2.05) is 54.6 Å². The number of nitrogens with one attached hydrogen (secondary N) is 1. The summed E-state index contributed by atoms with van der Waals surface area (Å²) in [5.41, 5.74) is 8.84. The average Bonchev–Trinajstić information content (AvgIpc) is 3.50. The number of nitrogens with two attached hydrogens (primary N) is 1. The van der Waals surface area contributed by atoms with E-state index < -0.39 is 11.0 Å². The number of piperidine rings is 2. The van der Waals surface area contributed by atoms with E-state index in [2.05, 4.69) is 14.9 Å². The van der Waals surface area contributed by atoms with E-state index in [1.165, 1.54) is 30.6 Å². The third kappa shape index (κ3) is 6.48. The number of carbonyl (C=O) groups is 1. The second kappa shape index (κ2) is 13.1. The van der Waals surface area contributed by atoms with Crippen LogP contribution in [0.25, 0.3) is 0 Å². The maximum absolute atomic E-state index is 12.8. The van der Waals surface area contributed by atoms with Gasteiger partial charge in [-0.25, -0.2) is 9.78 Å². The fourth-order valence-electron chi connectivity index (χ4n) is 6.63. The fraction of sp³-hybridized carbons (Fsp3) is 0.294. The van der Waals surface area contributed by atoms with Crippen molar-refractivity contribution < 1.29 is 24.2 Å². The number of hydrogen-bond donors (Lipinski definition) is 2. The van der Waals surface area contributed by atoms with Gasteiger partial charge >= 0.3 is 6.09 Å². The molecule has 240 valence electrons. The lowest BCUT2D eigenvalue weighted by Crippen LogP contribution is -3.07. The number of fused-ring (bicyclic) bond motifs is 1. The summed E-state index contributed by atoms with van der Waals surface area (Å²) in [6.07, 6.45) is 4.75. The van der Waals surface area contributed by atoms with Gasteiger partial charge in [-0.3, -0.25) is 15.0 Å². The molecule has 3 aliphatic heterocycles. The van der Waals surface area contributed by atoms with Crippen molar-refractivity contribution in [2.24, 2.45) is 5.10 Å². The molecular weight excluding hydrogens is 600 g/mol. The van der Waals surface area contributed by atoms with Crippen molar-refractivity contribution in [3.05, 3.63) is 106 Å². The summed E-state index contributed by atoms with van der Waals surface area (Å²) in [5, 5.41) is 17.0. The van der Waals surface area contributed by atoms with E-state index in [9.17, 15) is 14.9 Å². The Morgan fingerprint density at radius 2 is 1.60 bits per heavy atom. The highest BCUT2D eigenvalue weighted by atomic mass is 16.6. The second-order valence-corrected chi connectivity index (χ2v) is 11.9. The lowest BCUT2D eigenvalue weighted by molar-refractivity contribution is -0.868. The van der Waals surface area contributed by atoms with Gasteiger partial charge in [-0.05, 0) is 74.3 Å². The van der Waals surface area contributed by atoms with Gasteiger partial charge in [0.1, 0.15) is 46.7 Å². The van der Waals surface area contributed by atoms with Crippen LogP contribution in [0.4, 0.5) is 22.1 Å². The molecular formula is C34H35N8O5+. The van der Waals surface area contributed by atoms with Crippen molar-refractivity contribution in [3.63, 3.8) is 0 Å². The quantitative estimate of drug-likeness (QED) is 0.225. The number of aromatic nitrogens is 2. The van der Waals surface area contributed by atoms with Crippen LogP contribution < -0.4 is 20.2 Å². The van der Waals surface area contributed by atoms with E-state index in [4.69, 9.17) is 20.3 Å². The van der Waals surface area contributed by atoms with Crippen LogP contribution in [0.3, 0.4) is 0 Å². The van der Waals surface area contributed by atoms with Gasteiger partial charge in [-0.15, -0.1) is 0 Å². The van der Waals surface area contributed by atoms with Crippen LogP contribution in [0.15, 0.2) is 90.3 Å². The molecule has 7 rings (SSSR count). The number of amides is 1. The number of nitrogen functional groups attached to an aromatic ring is 1. The number of carbonyl (C=O) groups excluding carboxylic acids is 1. The number of ether oxygens (including phenoxy) is 2. The van der Waals surface area contributed by atoms with Crippen molar-refractivity contribution in [3.8, 4) is 17.2 Å². The van der Waals surface area contributed by atoms with Crippen LogP contribution in [0.2, 0.25) is 0 Å². The summed E-state index contributed by atoms with van der Waals surface area (Å²) in [4.78, 5) is 36.4. The van der Waals surface area contributed by atoms with E-state index in [0.29, 0.717) is 24.9 Å². The number of quaternary nitrogens is 1. The third-order valence-electron chi connectivity index (χ3n) is 9.03. The number of nitro groups is 1. The minimum Gasteiger partial charge on any atom is -0.457 e. The van der Waals surface area contributed by atoms with Crippen LogP contribution in [-0.4, -0.2) is 74.8 Å². The molecule has 0 saturated carbocycles. The summed E-state index contributed by atoms with van der Waals surface area (Å²) in [7, 11) is 0. The highest BCUT2D eigenvalue weighted by molar-refractivity contribution is 6.18. The molecule has 47 heavy (non-hydrogen) atoms. The van der Waals surface area contributed by atoms with Gasteiger partial charge in [0.05, 0.1) is 11.5 Å². The lowest BCUT2D eigenvalue weighted by atomic mass is 9.97. The first kappa shape index (κ1) is 30.3. The van der Waals surface area contributed by atoms with Gasteiger partial charge in [-0.1, -0.05) is 23.3 Å². The molecule has 3 aliphatic rings. The van der Waals surface area contributed by atoms with Gasteiger partial charge in [-0.2, -0.15) is 9.99 Å². The number of non-ortho nitro benzene ring substituents is 1. The first-order valence-corrected chi connectivity index (χ1v) is 15.8. The Labute approximate surface area is 271 Å². The van der Waals surface area contributed by atoms with Crippen molar-refractivity contribution in [1.82, 2.24) is 19.8 Å². The summed E-state index contributed by atoms with van der Waals surface area (Å²) in [6.45, 7) is 2.98. The highest BCUT2D eigenvalue weighted by Crippen LogP contribution is 2.28. The van der Waals surface area contributed by atoms with Crippen LogP contribution in [-0.2, 0) is 0 Å². The molecule has 2 atom stereocenters. The van der Waals surface area contributed by atoms with Crippen molar-refractivity contribution in [2.75, 3.05) is 31.9 Å². The number of anilines is 1. The fourth-order valence-corrected chi connectivity index (χ4v) is 6.63. The molecule has 1 aromatic heterocycles. The Morgan fingerprint density at radius 3 is 2.32 bits per heavy atom. The standard InChI is InChI=1S/C34H34N8O5/c35-32-30-31(23-8-12-28(13-9-23)46-27-6-2-1-3-7-27)38-41(33(30)37-22-36-32)26-5-4-18-40(21-26)24-16-19-39(20-17-24)34(43)47-29-14-10-25(11-15-29)42(44)45/h1-3,6-15,22,24,26H,4-5,16-21H2,(H2,35,36,37)/p+1. The predicted molar refractivity (Wildman–Crippen MR) is 174 cm³/mol. The zero-order valence-electron chi connectivity index (χ0n) is 25.7. The van der Waals surface area contributed by atoms with Crippen molar-refractivity contribution in [1.29, 1.82) is 0 Å². The van der Waals surface area contributed by atoms with Gasteiger partial charge in [0.2, 0.25) is 0 Å². The molecule has 3 aromatic carbocycles. The van der Waals surface area contributed by atoms with Gasteiger partial charge in [0.15, 0.2) is 0 Å². The molecule has 4 heterocycles. The normalized spacial score (nSPS) is 19.9. The number of nitro benzene ring substituents is 1. The summed E-state index contributed by atoms with van der Waals surface area (Å²) < 4.78 is 11.5. The first-order valence-electron chi connectivity index (χ1n) is 15.8. The average molecular weight is 636 g/mol. The molecule has 0 spiro atoms. The Morgan fingerprint density at radius 1 is 0.894 bits per heavy atom. The van der Waals surface area contributed by atoms with E-state index in [-0.39, 0.29) is 17.5 Å². The summed E-state index contributed by atoms with van der Waals surface area (Å²) in [5.74, 6) is 3.00. The number of hydrogen-bond acceptors (Lipinski definition) is 10. The number of likely N-dealkylation sites (tertiary alicyclic amines) is 2. The predicted octanol–water partition coefficient (Wildman–Crippen LogP) is 4.17. The Kier molecular flexibility index (Phi) is 8.46. The molecule has 4 aromatic rings. The van der Waals surface area contributed by atoms with Crippen LogP contribution in [0.5, 0.6) is 17.2 Å². The first-order chi connectivity index (χ1) is 22.9. The molecule has 2 unspecified atom stereocenters. The zero-order chi connectivity index (χ0) is 32.3. The highest BCUT2D eigenvalue weighted by Gasteiger charge is 2.42. The van der Waals surface area contributed by atoms with E-state index in [0.717, 1.165) is 77.9 Å². The number of benzene rings is 3. The maximum atomic E-state index is 12.8. The summed E-state index contributed by atoms with van der Waals surface area (Å²) >= 11 is 0. The Bertz CT molecular complexity index is 1780. The maximum Gasteiger partial charge on any atom is 0.415 e. The van der Waals surface area contributed by atoms with Crippen molar-refractivity contribution in [2.45, 2.75) is 37.8 Å². The molecule has 2 fully saturated rings. The topological polar surface area (TPSA) is 154 Å². The van der Waals surface area contributed by atoms with Crippen LogP contribution >= 0.6 is 0 Å². The van der Waals surface area contributed by atoms with Crippen LogP contribution in [0, 0.1) is 10.1 Å². The lowest BCUT2D eigenvalue weighted by Gasteiger charge is -2.41. The SMILES string of the molecule is Nc1ncnc2c1C(c1ccc(Oc3ccccc3)cc1)=N[NH+]2C1CCCN(C2CCN(C(=O)Oc3ccc([N+](=O)[O-])cc3)CC2)C1. The van der Waals surface area contributed by atoms with Gasteiger partial charge in [0, 0.05) is 43.2 Å². The molecule has 13 heteroatoms. The third-order valence-corrected chi connectivity index (χ3v) is 9.03. The van der Waals surface area contributed by atoms with Gasteiger partial charge < -0.3 is 20.1 Å². The number of para-hydroxylation sites is 1. The molecule has 1 amide bonds. The smallest absolute Gasteiger partial charge is 0.415 e. The van der Waals surface area contributed by atoms with E-state index >= 15 is 0 Å². The Hall–Kier alpha value is -5.40. The number of nitrogens with zero attached hydrogens (tertiary/aromatic N) is 6. The number of rotatable bonds is 7. The molecule has 0 bridgehead atoms. The molecule has 0 aliphatic carbocycles. The van der Waals surface area contributed by atoms with E-state index in [1.54, 1.807) is 4.90 Å². The van der Waals surface area contributed by atoms with Crippen molar-refractivity contribution >= 4 is 29.1 Å². The van der Waals surface area contributed by atoms with Crippen LogP contribution in [0.1, 0.15) is 36.8 Å². The second-order valence-electron chi connectivity index (χ2n) is 11.9. The molecule has 13 nitrogen and oxygen atoms in total. The molecule has 3 N–H and O–H groups in total. The Balaban J connectivity index is 1.00. The van der Waals surface area contributed by atoms with Gasteiger partial charge in [0.25, 0.3) is 11.5 Å². The largest absolute Gasteiger partial charge is 0.457 e. The zero-order valence-corrected chi connectivity index (χ0v) is 25.7. The minimum absolute atomic E-state index is 0.0502. The minimum atomic E-state index is -0.485. The molecule has 2 saturated heterocycles. The molecule has 0 radical (unpaired) electrons.